The number of hydrogen-bond donors (Lipinski definition) is 1. The number of carbonyl (C=O) groups is 2. The fraction of sp³-hybridized carbons (Fsp3) is 0.652. The van der Waals surface area contributed by atoms with Gasteiger partial charge in [0.2, 0.25) is 11.8 Å². The molecule has 1 N–H and O–H groups in total. The summed E-state index contributed by atoms with van der Waals surface area (Å²) in [5, 5.41) is 3.13. The van der Waals surface area contributed by atoms with Crippen LogP contribution in [0.5, 0.6) is 0 Å². The molecule has 1 aliphatic carbocycles. The van der Waals surface area contributed by atoms with Crippen LogP contribution in [-0.2, 0) is 15.0 Å². The van der Waals surface area contributed by atoms with Gasteiger partial charge in [0.15, 0.2) is 0 Å². The zero-order valence-corrected chi connectivity index (χ0v) is 18.0. The fourth-order valence-electron chi connectivity index (χ4n) is 4.53. The quantitative estimate of drug-likeness (QED) is 0.822. The molecule has 160 valence electrons. The maximum atomic E-state index is 13.3. The number of hydrogen-bond acceptors (Lipinski definition) is 3. The van der Waals surface area contributed by atoms with Crippen LogP contribution in [0.15, 0.2) is 24.3 Å². The molecule has 0 bridgehead atoms. The smallest absolute Gasteiger partial charge is 0.234 e. The Bertz CT molecular complexity index is 713. The van der Waals surface area contributed by atoms with Gasteiger partial charge in [-0.15, -0.1) is 0 Å². The van der Waals surface area contributed by atoms with Crippen molar-refractivity contribution in [1.82, 2.24) is 15.1 Å². The molecule has 6 heteroatoms. The topological polar surface area (TPSA) is 52.7 Å². The highest BCUT2D eigenvalue weighted by Gasteiger charge is 2.36. The largest absolute Gasteiger partial charge is 0.354 e. The first-order chi connectivity index (χ1) is 13.7. The zero-order valence-electron chi connectivity index (χ0n) is 18.0. The van der Waals surface area contributed by atoms with Crippen LogP contribution < -0.4 is 5.32 Å². The van der Waals surface area contributed by atoms with Gasteiger partial charge < -0.3 is 10.2 Å². The second-order valence-corrected chi connectivity index (χ2v) is 9.59. The van der Waals surface area contributed by atoms with Gasteiger partial charge in [0.1, 0.15) is 5.82 Å². The van der Waals surface area contributed by atoms with Gasteiger partial charge in [0.25, 0.3) is 0 Å². The second kappa shape index (κ2) is 8.82. The minimum atomic E-state index is -0.366. The highest BCUT2D eigenvalue weighted by molar-refractivity contribution is 5.81. The van der Waals surface area contributed by atoms with Gasteiger partial charge in [-0.05, 0) is 30.5 Å². The van der Waals surface area contributed by atoms with E-state index in [4.69, 9.17) is 0 Å². The molecule has 2 fully saturated rings. The summed E-state index contributed by atoms with van der Waals surface area (Å²) < 4.78 is 13.3. The van der Waals surface area contributed by atoms with Crippen molar-refractivity contribution >= 4 is 11.8 Å². The highest BCUT2D eigenvalue weighted by Crippen LogP contribution is 2.40. The summed E-state index contributed by atoms with van der Waals surface area (Å²) in [6, 6.07) is 6.74. The number of piperazine rings is 1. The lowest BCUT2D eigenvalue weighted by Crippen LogP contribution is -2.53. The highest BCUT2D eigenvalue weighted by atomic mass is 19.1. The summed E-state index contributed by atoms with van der Waals surface area (Å²) in [5.41, 5.74) is 0.669. The maximum absolute atomic E-state index is 13.3. The standard InChI is InChI=1S/C23H34FN3O2/c1-22(2,3)21(29)27-14-12-26(13-15-27)16-20(28)25-17-23(10-4-5-11-23)18-6-8-19(24)9-7-18/h6-9H,4-5,10-17H2,1-3H3,(H,25,28). The SMILES string of the molecule is CC(C)(C)C(=O)N1CCN(CC(=O)NCC2(c3ccc(F)cc3)CCCC2)CC1. The molecule has 0 unspecified atom stereocenters. The number of benzene rings is 1. The van der Waals surface area contributed by atoms with E-state index in [0.29, 0.717) is 26.2 Å². The minimum absolute atomic E-state index is 0.0222. The molecule has 2 aliphatic rings. The van der Waals surface area contributed by atoms with Crippen LogP contribution in [-0.4, -0.2) is 60.9 Å². The summed E-state index contributed by atoms with van der Waals surface area (Å²) in [5.74, 6) is -0.0342. The van der Waals surface area contributed by atoms with Gasteiger partial charge >= 0.3 is 0 Å². The molecule has 1 saturated carbocycles. The fourth-order valence-corrected chi connectivity index (χ4v) is 4.53. The first kappa shape index (κ1) is 21.8. The molecular formula is C23H34FN3O2. The van der Waals surface area contributed by atoms with Crippen LogP contribution in [0.2, 0.25) is 0 Å². The number of amides is 2. The van der Waals surface area contributed by atoms with E-state index in [1.165, 1.54) is 12.1 Å². The summed E-state index contributed by atoms with van der Waals surface area (Å²) in [7, 11) is 0. The van der Waals surface area contributed by atoms with Crippen LogP contribution in [0.3, 0.4) is 0 Å². The third kappa shape index (κ3) is 5.35. The molecule has 1 aromatic carbocycles. The van der Waals surface area contributed by atoms with Crippen LogP contribution >= 0.6 is 0 Å². The number of nitrogens with zero attached hydrogens (tertiary/aromatic N) is 2. The van der Waals surface area contributed by atoms with Crippen LogP contribution in [0.4, 0.5) is 4.39 Å². The lowest BCUT2D eigenvalue weighted by atomic mass is 9.79. The average molecular weight is 404 g/mol. The molecular weight excluding hydrogens is 369 g/mol. The van der Waals surface area contributed by atoms with Crippen molar-refractivity contribution in [2.45, 2.75) is 51.9 Å². The van der Waals surface area contributed by atoms with E-state index in [2.05, 4.69) is 10.2 Å². The first-order valence-electron chi connectivity index (χ1n) is 10.7. The Morgan fingerprint density at radius 1 is 1.03 bits per heavy atom. The molecule has 3 rings (SSSR count). The Kier molecular flexibility index (Phi) is 6.62. The predicted molar refractivity (Wildman–Crippen MR) is 112 cm³/mol. The van der Waals surface area contributed by atoms with E-state index in [-0.39, 0.29) is 28.5 Å². The molecule has 0 radical (unpaired) electrons. The second-order valence-electron chi connectivity index (χ2n) is 9.59. The molecule has 1 aromatic rings. The molecule has 0 aromatic heterocycles. The molecule has 2 amide bonds. The first-order valence-corrected chi connectivity index (χ1v) is 10.7. The van der Waals surface area contributed by atoms with Gasteiger partial charge in [-0.25, -0.2) is 4.39 Å². The Morgan fingerprint density at radius 2 is 1.62 bits per heavy atom. The Labute approximate surface area is 173 Å². The molecule has 1 saturated heterocycles. The molecule has 5 nitrogen and oxygen atoms in total. The molecule has 1 heterocycles. The predicted octanol–water partition coefficient (Wildman–Crippen LogP) is 2.94. The van der Waals surface area contributed by atoms with E-state index in [0.717, 1.165) is 44.3 Å². The van der Waals surface area contributed by atoms with Crippen LogP contribution in [0.1, 0.15) is 52.0 Å². The van der Waals surface area contributed by atoms with E-state index in [1.807, 2.05) is 37.8 Å². The van der Waals surface area contributed by atoms with E-state index >= 15 is 0 Å². The van der Waals surface area contributed by atoms with Crippen molar-refractivity contribution in [2.75, 3.05) is 39.3 Å². The number of rotatable bonds is 5. The van der Waals surface area contributed by atoms with Crippen molar-refractivity contribution in [3.05, 3.63) is 35.6 Å². The molecule has 0 spiro atoms. The van der Waals surface area contributed by atoms with Gasteiger partial charge in [0, 0.05) is 43.6 Å². The van der Waals surface area contributed by atoms with E-state index < -0.39 is 0 Å². The molecule has 29 heavy (non-hydrogen) atoms. The van der Waals surface area contributed by atoms with Crippen molar-refractivity contribution in [1.29, 1.82) is 0 Å². The van der Waals surface area contributed by atoms with Crippen molar-refractivity contribution < 1.29 is 14.0 Å². The Hall–Kier alpha value is -1.95. The van der Waals surface area contributed by atoms with Gasteiger partial charge in [-0.3, -0.25) is 14.5 Å². The number of nitrogens with one attached hydrogen (secondary N) is 1. The maximum Gasteiger partial charge on any atom is 0.234 e. The van der Waals surface area contributed by atoms with Gasteiger partial charge in [-0.2, -0.15) is 0 Å². The van der Waals surface area contributed by atoms with Crippen molar-refractivity contribution in [3.63, 3.8) is 0 Å². The zero-order chi connectivity index (χ0) is 21.1. The van der Waals surface area contributed by atoms with E-state index in [1.54, 1.807) is 0 Å². The summed E-state index contributed by atoms with van der Waals surface area (Å²) in [4.78, 5) is 29.0. The lowest BCUT2D eigenvalue weighted by Gasteiger charge is -2.37. The van der Waals surface area contributed by atoms with Gasteiger partial charge in [-0.1, -0.05) is 45.7 Å². The van der Waals surface area contributed by atoms with Gasteiger partial charge in [0.05, 0.1) is 6.54 Å². The number of halogens is 1. The molecule has 0 atom stereocenters. The van der Waals surface area contributed by atoms with Crippen LogP contribution in [0.25, 0.3) is 0 Å². The van der Waals surface area contributed by atoms with Crippen molar-refractivity contribution in [2.24, 2.45) is 5.41 Å². The monoisotopic (exact) mass is 403 g/mol. The minimum Gasteiger partial charge on any atom is -0.354 e. The average Bonchev–Trinajstić information content (AvgIpc) is 3.16. The summed E-state index contributed by atoms with van der Waals surface area (Å²) in [6.07, 6.45) is 4.31. The van der Waals surface area contributed by atoms with E-state index in [9.17, 15) is 14.0 Å². The number of carbonyl (C=O) groups excluding carboxylic acids is 2. The normalized spacial score (nSPS) is 19.9. The lowest BCUT2D eigenvalue weighted by molar-refractivity contribution is -0.141. The molecule has 1 aliphatic heterocycles. The van der Waals surface area contributed by atoms with Crippen LogP contribution in [0, 0.1) is 11.2 Å². The Morgan fingerprint density at radius 3 is 2.17 bits per heavy atom. The summed E-state index contributed by atoms with van der Waals surface area (Å²) in [6.45, 7) is 9.55. The Balaban J connectivity index is 1.49. The third-order valence-electron chi connectivity index (χ3n) is 6.31. The van der Waals surface area contributed by atoms with Crippen molar-refractivity contribution in [3.8, 4) is 0 Å². The third-order valence-corrected chi connectivity index (χ3v) is 6.31. The summed E-state index contributed by atoms with van der Waals surface area (Å²) >= 11 is 0.